The molecule has 0 unspecified atom stereocenters. The van der Waals surface area contributed by atoms with Gasteiger partial charge in [0, 0.05) is 11.5 Å². The molecule has 6 heteroatoms. The molecule has 0 saturated carbocycles. The van der Waals surface area contributed by atoms with Gasteiger partial charge in [-0.2, -0.15) is 0 Å². The third-order valence-corrected chi connectivity index (χ3v) is 4.25. The quantitative estimate of drug-likeness (QED) is 0.538. The molecule has 0 spiro atoms. The largest absolute Gasteiger partial charge is 0.423 e. The molecule has 2 aromatic heterocycles. The Balaban J connectivity index is 1.87. The molecule has 0 aliphatic carbocycles. The number of nitrogens with zero attached hydrogens (tertiary/aromatic N) is 3. The molecular weight excluding hydrogens is 318 g/mol. The van der Waals surface area contributed by atoms with Gasteiger partial charge in [0.15, 0.2) is 0 Å². The molecular formula is C19H15N3O3. The van der Waals surface area contributed by atoms with E-state index in [1.54, 1.807) is 18.2 Å². The highest BCUT2D eigenvalue weighted by Gasteiger charge is 2.10. The van der Waals surface area contributed by atoms with Crippen LogP contribution in [0.3, 0.4) is 0 Å². The van der Waals surface area contributed by atoms with Gasteiger partial charge in [-0.15, -0.1) is 5.10 Å². The summed E-state index contributed by atoms with van der Waals surface area (Å²) in [7, 11) is 0. The third kappa shape index (κ3) is 2.71. The molecule has 0 bridgehead atoms. The average molecular weight is 333 g/mol. The zero-order valence-corrected chi connectivity index (χ0v) is 13.6. The van der Waals surface area contributed by atoms with E-state index in [0.717, 1.165) is 17.4 Å². The van der Waals surface area contributed by atoms with Gasteiger partial charge in [-0.25, -0.2) is 9.48 Å². The Morgan fingerprint density at radius 2 is 1.88 bits per heavy atom. The summed E-state index contributed by atoms with van der Waals surface area (Å²) in [6, 6.07) is 14.2. The van der Waals surface area contributed by atoms with Crippen LogP contribution in [0.4, 0.5) is 0 Å². The van der Waals surface area contributed by atoms with Crippen LogP contribution >= 0.6 is 0 Å². The number of benzene rings is 2. The fourth-order valence-electron chi connectivity index (χ4n) is 2.91. The first-order chi connectivity index (χ1) is 12.2. The van der Waals surface area contributed by atoms with Crippen molar-refractivity contribution in [3.05, 3.63) is 80.4 Å². The summed E-state index contributed by atoms with van der Waals surface area (Å²) in [5, 5.41) is 9.36. The average Bonchev–Trinajstić information content (AvgIpc) is 2.63. The molecule has 0 radical (unpaired) electrons. The first-order valence-electron chi connectivity index (χ1n) is 8.04. The van der Waals surface area contributed by atoms with Crippen LogP contribution in [0.15, 0.2) is 62.5 Å². The predicted octanol–water partition coefficient (Wildman–Crippen LogP) is 2.51. The second-order valence-electron chi connectivity index (χ2n) is 5.84. The van der Waals surface area contributed by atoms with E-state index in [1.165, 1.54) is 10.7 Å². The second kappa shape index (κ2) is 5.98. The van der Waals surface area contributed by atoms with E-state index in [2.05, 4.69) is 10.3 Å². The Morgan fingerprint density at radius 1 is 1.04 bits per heavy atom. The molecule has 0 aliphatic heterocycles. The number of hydrogen-bond donors (Lipinski definition) is 0. The summed E-state index contributed by atoms with van der Waals surface area (Å²) in [6.07, 6.45) is 0.847. The van der Waals surface area contributed by atoms with Crippen LogP contribution in [0, 0.1) is 0 Å². The molecule has 0 N–H and O–H groups in total. The predicted molar refractivity (Wildman–Crippen MR) is 94.8 cm³/mol. The normalized spacial score (nSPS) is 11.2. The van der Waals surface area contributed by atoms with Crippen molar-refractivity contribution in [2.75, 3.05) is 0 Å². The third-order valence-electron chi connectivity index (χ3n) is 4.25. The Labute approximate surface area is 142 Å². The van der Waals surface area contributed by atoms with E-state index in [0.29, 0.717) is 22.0 Å². The highest BCUT2D eigenvalue weighted by Crippen LogP contribution is 2.19. The van der Waals surface area contributed by atoms with Crippen molar-refractivity contribution in [1.82, 2.24) is 15.0 Å². The van der Waals surface area contributed by atoms with E-state index in [4.69, 9.17) is 4.42 Å². The lowest BCUT2D eigenvalue weighted by Crippen LogP contribution is -2.25. The summed E-state index contributed by atoms with van der Waals surface area (Å²) in [5.41, 5.74) is 2.14. The van der Waals surface area contributed by atoms with Crippen LogP contribution in [-0.2, 0) is 13.0 Å². The van der Waals surface area contributed by atoms with Crippen LogP contribution in [0.25, 0.3) is 21.9 Å². The maximum atomic E-state index is 12.6. The lowest BCUT2D eigenvalue weighted by Gasteiger charge is -2.08. The van der Waals surface area contributed by atoms with E-state index in [-0.39, 0.29) is 12.1 Å². The zero-order chi connectivity index (χ0) is 17.4. The van der Waals surface area contributed by atoms with Gasteiger partial charge in [0.2, 0.25) is 0 Å². The van der Waals surface area contributed by atoms with Crippen molar-refractivity contribution in [2.45, 2.75) is 19.9 Å². The van der Waals surface area contributed by atoms with Crippen molar-refractivity contribution in [3.8, 4) is 0 Å². The Hall–Kier alpha value is -3.28. The number of aryl methyl sites for hydroxylation is 1. The Bertz CT molecular complexity index is 1210. The molecule has 0 saturated heterocycles. The van der Waals surface area contributed by atoms with Gasteiger partial charge in [-0.1, -0.05) is 36.4 Å². The van der Waals surface area contributed by atoms with Crippen molar-refractivity contribution in [1.29, 1.82) is 0 Å². The highest BCUT2D eigenvalue weighted by atomic mass is 16.4. The van der Waals surface area contributed by atoms with Gasteiger partial charge < -0.3 is 4.42 Å². The molecule has 2 heterocycles. The minimum absolute atomic E-state index is 0.157. The van der Waals surface area contributed by atoms with Crippen molar-refractivity contribution in [2.24, 2.45) is 0 Å². The first kappa shape index (κ1) is 15.3. The molecule has 25 heavy (non-hydrogen) atoms. The van der Waals surface area contributed by atoms with Crippen LogP contribution in [-0.4, -0.2) is 15.0 Å². The molecule has 0 aliphatic rings. The number of aromatic nitrogens is 3. The van der Waals surface area contributed by atoms with Gasteiger partial charge in [0.25, 0.3) is 5.56 Å². The van der Waals surface area contributed by atoms with Gasteiger partial charge in [-0.05, 0) is 35.7 Å². The highest BCUT2D eigenvalue weighted by molar-refractivity contribution is 5.81. The monoisotopic (exact) mass is 333 g/mol. The SMILES string of the molecule is CCc1ccc2c(Cn3nnc4ccccc4c3=O)cc(=O)oc2c1. The molecule has 2 aromatic carbocycles. The molecule has 124 valence electrons. The van der Waals surface area contributed by atoms with Crippen LogP contribution < -0.4 is 11.2 Å². The lowest BCUT2D eigenvalue weighted by atomic mass is 10.1. The van der Waals surface area contributed by atoms with Crippen LogP contribution in [0.5, 0.6) is 0 Å². The summed E-state index contributed by atoms with van der Waals surface area (Å²) >= 11 is 0. The molecule has 4 aromatic rings. The maximum absolute atomic E-state index is 12.6. The maximum Gasteiger partial charge on any atom is 0.336 e. The zero-order valence-electron chi connectivity index (χ0n) is 13.6. The van der Waals surface area contributed by atoms with E-state index in [9.17, 15) is 9.59 Å². The van der Waals surface area contributed by atoms with Gasteiger partial charge in [0.05, 0.1) is 11.9 Å². The minimum Gasteiger partial charge on any atom is -0.423 e. The summed E-state index contributed by atoms with van der Waals surface area (Å²) in [4.78, 5) is 24.5. The molecule has 0 amide bonds. The van der Waals surface area contributed by atoms with Gasteiger partial charge >= 0.3 is 5.63 Å². The number of rotatable bonds is 3. The number of fused-ring (bicyclic) bond motifs is 2. The molecule has 0 atom stereocenters. The first-order valence-corrected chi connectivity index (χ1v) is 8.04. The fraction of sp³-hybridized carbons (Fsp3) is 0.158. The summed E-state index contributed by atoms with van der Waals surface area (Å²) in [5.74, 6) is 0. The Kier molecular flexibility index (Phi) is 3.65. The topological polar surface area (TPSA) is 78.0 Å². The smallest absolute Gasteiger partial charge is 0.336 e. The summed E-state index contributed by atoms with van der Waals surface area (Å²) < 4.78 is 6.57. The number of hydrogen-bond acceptors (Lipinski definition) is 5. The second-order valence-corrected chi connectivity index (χ2v) is 5.84. The van der Waals surface area contributed by atoms with E-state index < -0.39 is 5.63 Å². The van der Waals surface area contributed by atoms with Gasteiger partial charge in [-0.3, -0.25) is 4.79 Å². The van der Waals surface area contributed by atoms with Crippen LogP contribution in [0.1, 0.15) is 18.1 Å². The van der Waals surface area contributed by atoms with Crippen LogP contribution in [0.2, 0.25) is 0 Å². The Morgan fingerprint density at radius 3 is 2.72 bits per heavy atom. The van der Waals surface area contributed by atoms with E-state index in [1.807, 2.05) is 31.2 Å². The minimum atomic E-state index is -0.447. The molecule has 4 rings (SSSR count). The van der Waals surface area contributed by atoms with Gasteiger partial charge in [0.1, 0.15) is 11.1 Å². The standard InChI is InChI=1S/C19H15N3O3/c1-2-12-7-8-14-13(10-18(23)25-17(14)9-12)11-22-19(24)15-5-3-4-6-16(15)20-21-22/h3-10H,2,11H2,1H3. The lowest BCUT2D eigenvalue weighted by molar-refractivity contribution is 0.551. The molecule has 6 nitrogen and oxygen atoms in total. The summed E-state index contributed by atoms with van der Waals surface area (Å²) in [6.45, 7) is 2.19. The van der Waals surface area contributed by atoms with Crippen molar-refractivity contribution in [3.63, 3.8) is 0 Å². The van der Waals surface area contributed by atoms with E-state index >= 15 is 0 Å². The van der Waals surface area contributed by atoms with Crippen molar-refractivity contribution >= 4 is 21.9 Å². The molecule has 0 fully saturated rings. The van der Waals surface area contributed by atoms with Crippen molar-refractivity contribution < 1.29 is 4.42 Å². The fourth-order valence-corrected chi connectivity index (χ4v) is 2.91.